The lowest BCUT2D eigenvalue weighted by Crippen LogP contribution is -2.27. The Morgan fingerprint density at radius 1 is 1.56 bits per heavy atom. The van der Waals surface area contributed by atoms with Crippen molar-refractivity contribution in [2.75, 3.05) is 12.3 Å². The zero-order valence-electron chi connectivity index (χ0n) is 9.56. The highest BCUT2D eigenvalue weighted by Crippen LogP contribution is 2.21. The second-order valence-electron chi connectivity index (χ2n) is 3.21. The van der Waals surface area contributed by atoms with Crippen molar-refractivity contribution in [3.63, 3.8) is 0 Å². The molecule has 0 aliphatic carbocycles. The lowest BCUT2D eigenvalue weighted by molar-refractivity contribution is 0.613. The van der Waals surface area contributed by atoms with Gasteiger partial charge in [-0.1, -0.05) is 25.6 Å². The van der Waals surface area contributed by atoms with Gasteiger partial charge in [0.05, 0.1) is 12.1 Å². The van der Waals surface area contributed by atoms with E-state index in [9.17, 15) is 0 Å². The summed E-state index contributed by atoms with van der Waals surface area (Å²) in [6.45, 7) is 4.89. The van der Waals surface area contributed by atoms with E-state index in [2.05, 4.69) is 20.7 Å². The number of nitrogens with zero attached hydrogens (tertiary/aromatic N) is 3. The minimum atomic E-state index is -0.0453. The monoisotopic (exact) mass is 256 g/mol. The van der Waals surface area contributed by atoms with Gasteiger partial charge < -0.3 is 5.32 Å². The predicted molar refractivity (Wildman–Crippen MR) is 67.7 cm³/mol. The van der Waals surface area contributed by atoms with E-state index in [4.69, 9.17) is 5.26 Å². The van der Waals surface area contributed by atoms with Crippen molar-refractivity contribution in [3.05, 3.63) is 5.82 Å². The molecule has 0 saturated carbocycles. The van der Waals surface area contributed by atoms with E-state index >= 15 is 0 Å². The maximum atomic E-state index is 8.85. The van der Waals surface area contributed by atoms with Gasteiger partial charge in [0, 0.05) is 12.2 Å². The van der Waals surface area contributed by atoms with Crippen LogP contribution in [0.2, 0.25) is 0 Å². The van der Waals surface area contributed by atoms with Crippen LogP contribution in [-0.4, -0.2) is 27.7 Å². The van der Waals surface area contributed by atoms with Crippen LogP contribution in [0, 0.1) is 11.3 Å². The van der Waals surface area contributed by atoms with Gasteiger partial charge in [0.2, 0.25) is 0 Å². The summed E-state index contributed by atoms with van der Waals surface area (Å²) in [6, 6.07) is 2.20. The highest BCUT2D eigenvalue weighted by molar-refractivity contribution is 8.00. The fraction of sp³-hybridized carbons (Fsp3) is 0.700. The smallest absolute Gasteiger partial charge is 0.170 e. The SMILES string of the molecule is CCNC(C#N)CCSc1nc(CC)ns1. The maximum absolute atomic E-state index is 8.85. The summed E-state index contributed by atoms with van der Waals surface area (Å²) in [5.74, 6) is 1.82. The highest BCUT2D eigenvalue weighted by Gasteiger charge is 2.07. The van der Waals surface area contributed by atoms with E-state index in [1.54, 1.807) is 11.8 Å². The summed E-state index contributed by atoms with van der Waals surface area (Å²) >= 11 is 3.13. The highest BCUT2D eigenvalue weighted by atomic mass is 32.2. The minimum absolute atomic E-state index is 0.0453. The van der Waals surface area contributed by atoms with Gasteiger partial charge in [-0.25, -0.2) is 4.98 Å². The van der Waals surface area contributed by atoms with Crippen molar-refractivity contribution in [1.82, 2.24) is 14.7 Å². The summed E-state index contributed by atoms with van der Waals surface area (Å²) in [5.41, 5.74) is 0. The van der Waals surface area contributed by atoms with Crippen molar-refractivity contribution >= 4 is 23.3 Å². The molecule has 0 saturated heterocycles. The summed E-state index contributed by atoms with van der Waals surface area (Å²) in [7, 11) is 0. The average Bonchev–Trinajstić information content (AvgIpc) is 2.76. The van der Waals surface area contributed by atoms with Gasteiger partial charge in [-0.05, 0) is 24.5 Å². The average molecular weight is 256 g/mol. The van der Waals surface area contributed by atoms with Gasteiger partial charge in [-0.2, -0.15) is 9.64 Å². The van der Waals surface area contributed by atoms with Crippen LogP contribution in [-0.2, 0) is 6.42 Å². The first kappa shape index (κ1) is 13.4. The van der Waals surface area contributed by atoms with Crippen molar-refractivity contribution in [2.45, 2.75) is 37.1 Å². The van der Waals surface area contributed by atoms with Crippen molar-refractivity contribution in [2.24, 2.45) is 0 Å². The quantitative estimate of drug-likeness (QED) is 0.757. The molecule has 1 heterocycles. The second-order valence-corrected chi connectivity index (χ2v) is 5.30. The normalized spacial score (nSPS) is 12.3. The molecule has 0 aliphatic rings. The number of nitrogens with one attached hydrogen (secondary N) is 1. The molecule has 6 heteroatoms. The van der Waals surface area contributed by atoms with E-state index < -0.39 is 0 Å². The number of aryl methyl sites for hydroxylation is 1. The molecular formula is C10H16N4S2. The Labute approximate surface area is 105 Å². The Hall–Kier alpha value is -0.640. The molecule has 0 amide bonds. The molecule has 1 atom stereocenters. The third-order valence-corrected chi connectivity index (χ3v) is 3.91. The van der Waals surface area contributed by atoms with E-state index in [0.29, 0.717) is 0 Å². The van der Waals surface area contributed by atoms with Crippen LogP contribution in [0.1, 0.15) is 26.1 Å². The number of rotatable bonds is 7. The van der Waals surface area contributed by atoms with Crippen molar-refractivity contribution < 1.29 is 0 Å². The topological polar surface area (TPSA) is 61.6 Å². The molecule has 88 valence electrons. The number of hydrogen-bond donors (Lipinski definition) is 1. The molecule has 0 bridgehead atoms. The molecular weight excluding hydrogens is 240 g/mol. The van der Waals surface area contributed by atoms with E-state index in [0.717, 1.165) is 35.3 Å². The third kappa shape index (κ3) is 4.47. The number of aromatic nitrogens is 2. The Balaban J connectivity index is 2.27. The van der Waals surface area contributed by atoms with E-state index in [1.807, 2.05) is 13.8 Å². The second kappa shape index (κ2) is 7.60. The Morgan fingerprint density at radius 2 is 2.38 bits per heavy atom. The van der Waals surface area contributed by atoms with E-state index in [1.165, 1.54) is 11.5 Å². The lowest BCUT2D eigenvalue weighted by atomic mass is 10.2. The fourth-order valence-corrected chi connectivity index (χ4v) is 2.93. The number of hydrogen-bond acceptors (Lipinski definition) is 6. The van der Waals surface area contributed by atoms with Crippen LogP contribution in [0.5, 0.6) is 0 Å². The van der Waals surface area contributed by atoms with Gasteiger partial charge in [0.25, 0.3) is 0 Å². The first-order chi connectivity index (χ1) is 7.80. The maximum Gasteiger partial charge on any atom is 0.170 e. The summed E-state index contributed by atoms with van der Waals surface area (Å²) < 4.78 is 5.22. The molecule has 1 N–H and O–H groups in total. The third-order valence-electron chi connectivity index (χ3n) is 2.00. The van der Waals surface area contributed by atoms with Crippen LogP contribution in [0.15, 0.2) is 4.34 Å². The van der Waals surface area contributed by atoms with E-state index in [-0.39, 0.29) is 6.04 Å². The lowest BCUT2D eigenvalue weighted by Gasteiger charge is -2.07. The molecule has 0 aromatic carbocycles. The van der Waals surface area contributed by atoms with Gasteiger partial charge >= 0.3 is 0 Å². The van der Waals surface area contributed by atoms with Crippen LogP contribution in [0.25, 0.3) is 0 Å². The van der Waals surface area contributed by atoms with Gasteiger partial charge in [0.1, 0.15) is 5.82 Å². The zero-order chi connectivity index (χ0) is 11.8. The zero-order valence-corrected chi connectivity index (χ0v) is 11.2. The Bertz CT molecular complexity index is 345. The number of thioether (sulfide) groups is 1. The summed E-state index contributed by atoms with van der Waals surface area (Å²) in [4.78, 5) is 4.36. The van der Waals surface area contributed by atoms with Gasteiger partial charge in [-0.15, -0.1) is 0 Å². The molecule has 0 radical (unpaired) electrons. The predicted octanol–water partition coefficient (Wildman–Crippen LogP) is 2.08. The summed E-state index contributed by atoms with van der Waals surface area (Å²) in [5, 5.41) is 12.0. The molecule has 1 aromatic rings. The molecule has 0 aliphatic heterocycles. The first-order valence-electron chi connectivity index (χ1n) is 5.38. The van der Waals surface area contributed by atoms with Gasteiger partial charge in [0.15, 0.2) is 4.34 Å². The molecule has 16 heavy (non-hydrogen) atoms. The Kier molecular flexibility index (Phi) is 6.38. The van der Waals surface area contributed by atoms with Crippen LogP contribution >= 0.6 is 23.3 Å². The molecule has 1 rings (SSSR count). The largest absolute Gasteiger partial charge is 0.302 e. The summed E-state index contributed by atoms with van der Waals surface area (Å²) in [6.07, 6.45) is 1.73. The standard InChI is InChI=1S/C10H16N4S2/c1-3-9-13-10(16-14-9)15-6-5-8(7-11)12-4-2/h8,12H,3-6H2,1-2H3. The fourth-order valence-electron chi connectivity index (χ4n) is 1.16. The minimum Gasteiger partial charge on any atom is -0.302 e. The molecule has 0 spiro atoms. The molecule has 4 nitrogen and oxygen atoms in total. The molecule has 0 fully saturated rings. The van der Waals surface area contributed by atoms with Crippen molar-refractivity contribution in [3.8, 4) is 6.07 Å². The van der Waals surface area contributed by atoms with Crippen LogP contribution in [0.4, 0.5) is 0 Å². The van der Waals surface area contributed by atoms with Crippen molar-refractivity contribution in [1.29, 1.82) is 5.26 Å². The van der Waals surface area contributed by atoms with Gasteiger partial charge in [-0.3, -0.25) is 0 Å². The van der Waals surface area contributed by atoms with Crippen LogP contribution in [0.3, 0.4) is 0 Å². The number of nitriles is 1. The first-order valence-corrected chi connectivity index (χ1v) is 7.14. The molecule has 1 unspecified atom stereocenters. The van der Waals surface area contributed by atoms with Crippen LogP contribution < -0.4 is 5.32 Å². The molecule has 1 aromatic heterocycles. The Morgan fingerprint density at radius 3 is 2.94 bits per heavy atom.